The average Bonchev–Trinajstić information content (AvgIpc) is 2.71. The zero-order chi connectivity index (χ0) is 13.8. The van der Waals surface area contributed by atoms with Crippen molar-refractivity contribution >= 4 is 45.4 Å². The lowest BCUT2D eigenvalue weighted by Crippen LogP contribution is -2.24. The Balaban J connectivity index is 1.89. The molecule has 1 atom stereocenters. The first kappa shape index (κ1) is 14.8. The van der Waals surface area contributed by atoms with Gasteiger partial charge in [0.15, 0.2) is 5.12 Å². The highest BCUT2D eigenvalue weighted by Gasteiger charge is 2.29. The summed E-state index contributed by atoms with van der Waals surface area (Å²) < 4.78 is 1.20. The third-order valence-corrected chi connectivity index (χ3v) is 4.87. The first-order valence-electron chi connectivity index (χ1n) is 6.20. The molecule has 0 bridgehead atoms. The van der Waals surface area contributed by atoms with Crippen molar-refractivity contribution in [3.05, 3.63) is 33.4 Å². The number of thioether (sulfide) groups is 1. The summed E-state index contributed by atoms with van der Waals surface area (Å²) in [7, 11) is 0. The molecular formula is C14H16INO2S. The van der Waals surface area contributed by atoms with Crippen molar-refractivity contribution in [2.24, 2.45) is 5.92 Å². The number of hydrogen-bond donors (Lipinski definition) is 0. The highest BCUT2D eigenvalue weighted by molar-refractivity contribution is 14.1. The number of halogens is 1. The molecule has 3 nitrogen and oxygen atoms in total. The molecule has 0 radical (unpaired) electrons. The van der Waals surface area contributed by atoms with E-state index in [1.807, 2.05) is 4.90 Å². The van der Waals surface area contributed by atoms with E-state index in [1.165, 1.54) is 15.3 Å². The normalized spacial score (nSPS) is 18.9. The van der Waals surface area contributed by atoms with Crippen LogP contribution in [0.25, 0.3) is 0 Å². The molecule has 1 aromatic rings. The monoisotopic (exact) mass is 389 g/mol. The Labute approximate surface area is 131 Å². The molecule has 1 fully saturated rings. The van der Waals surface area contributed by atoms with Crippen LogP contribution >= 0.6 is 34.4 Å². The van der Waals surface area contributed by atoms with Gasteiger partial charge in [-0.2, -0.15) is 0 Å². The van der Waals surface area contributed by atoms with Crippen LogP contribution in [0.2, 0.25) is 0 Å². The minimum absolute atomic E-state index is 0.128. The van der Waals surface area contributed by atoms with E-state index in [1.54, 1.807) is 6.92 Å². The van der Waals surface area contributed by atoms with E-state index in [2.05, 4.69) is 46.9 Å². The molecule has 0 aromatic heterocycles. The Kier molecular flexibility index (Phi) is 5.27. The van der Waals surface area contributed by atoms with Crippen molar-refractivity contribution in [3.8, 4) is 0 Å². The number of likely N-dealkylation sites (tertiary alicyclic amines) is 1. The van der Waals surface area contributed by atoms with Gasteiger partial charge in [0.05, 0.1) is 0 Å². The van der Waals surface area contributed by atoms with E-state index in [0.717, 1.165) is 17.9 Å². The second-order valence-corrected chi connectivity index (χ2v) is 7.22. The molecule has 0 saturated carbocycles. The van der Waals surface area contributed by atoms with Gasteiger partial charge < -0.3 is 4.90 Å². The number of benzene rings is 1. The van der Waals surface area contributed by atoms with Crippen LogP contribution in [0.1, 0.15) is 18.9 Å². The van der Waals surface area contributed by atoms with E-state index in [-0.39, 0.29) is 11.0 Å². The van der Waals surface area contributed by atoms with Crippen LogP contribution in [0.3, 0.4) is 0 Å². The average molecular weight is 389 g/mol. The number of rotatable bonds is 4. The third kappa shape index (κ3) is 4.49. The van der Waals surface area contributed by atoms with Crippen LogP contribution in [0.4, 0.5) is 0 Å². The fraction of sp³-hybridized carbons (Fsp3) is 0.429. The molecule has 1 heterocycles. The van der Waals surface area contributed by atoms with Gasteiger partial charge in [-0.25, -0.2) is 0 Å². The van der Waals surface area contributed by atoms with Gasteiger partial charge in [-0.15, -0.1) is 0 Å². The molecule has 1 unspecified atom stereocenters. The molecule has 2 rings (SSSR count). The summed E-state index contributed by atoms with van der Waals surface area (Å²) >= 11 is 3.59. The van der Waals surface area contributed by atoms with Crippen LogP contribution in [-0.4, -0.2) is 28.2 Å². The van der Waals surface area contributed by atoms with Crippen molar-refractivity contribution in [2.45, 2.75) is 19.9 Å². The number of carbonyl (C=O) groups is 2. The number of amides is 1. The van der Waals surface area contributed by atoms with Gasteiger partial charge in [0.1, 0.15) is 0 Å². The maximum Gasteiger partial charge on any atom is 0.223 e. The molecule has 1 aliphatic heterocycles. The minimum Gasteiger partial charge on any atom is -0.338 e. The molecule has 1 aliphatic rings. The lowest BCUT2D eigenvalue weighted by atomic mass is 10.1. The Morgan fingerprint density at radius 3 is 2.74 bits per heavy atom. The lowest BCUT2D eigenvalue weighted by molar-refractivity contribution is -0.128. The maximum absolute atomic E-state index is 11.9. The number of hydrogen-bond acceptors (Lipinski definition) is 3. The summed E-state index contributed by atoms with van der Waals surface area (Å²) in [6.07, 6.45) is 0.574. The summed E-state index contributed by atoms with van der Waals surface area (Å²) in [6.45, 7) is 3.02. The van der Waals surface area contributed by atoms with Gasteiger partial charge in [0, 0.05) is 35.8 Å². The molecule has 102 valence electrons. The van der Waals surface area contributed by atoms with E-state index < -0.39 is 0 Å². The molecule has 1 saturated heterocycles. The van der Waals surface area contributed by atoms with Crippen molar-refractivity contribution in [3.63, 3.8) is 0 Å². The Bertz CT molecular complexity index is 475. The minimum atomic E-state index is 0.128. The first-order chi connectivity index (χ1) is 9.04. The van der Waals surface area contributed by atoms with E-state index >= 15 is 0 Å². The van der Waals surface area contributed by atoms with Crippen LogP contribution in [-0.2, 0) is 16.1 Å². The largest absolute Gasteiger partial charge is 0.338 e. The molecule has 0 N–H and O–H groups in total. The Morgan fingerprint density at radius 1 is 1.42 bits per heavy atom. The Hall–Kier alpha value is -0.560. The standard InChI is InChI=1S/C14H16INO2S/c1-10(17)19-9-12-6-14(18)16(8-12)7-11-2-4-13(15)5-3-11/h2-5,12H,6-9H2,1H3. The van der Waals surface area contributed by atoms with Crippen LogP contribution in [0, 0.1) is 9.49 Å². The molecule has 5 heteroatoms. The van der Waals surface area contributed by atoms with Crippen LogP contribution in [0.15, 0.2) is 24.3 Å². The highest BCUT2D eigenvalue weighted by atomic mass is 127. The fourth-order valence-electron chi connectivity index (χ4n) is 2.16. The van der Waals surface area contributed by atoms with Crippen molar-refractivity contribution in [1.82, 2.24) is 4.90 Å². The molecule has 19 heavy (non-hydrogen) atoms. The van der Waals surface area contributed by atoms with E-state index in [0.29, 0.717) is 18.9 Å². The summed E-state index contributed by atoms with van der Waals surface area (Å²) in [5, 5.41) is 0.128. The fourth-order valence-corrected chi connectivity index (χ4v) is 3.22. The van der Waals surface area contributed by atoms with Gasteiger partial charge in [0.25, 0.3) is 0 Å². The van der Waals surface area contributed by atoms with Crippen LogP contribution < -0.4 is 0 Å². The van der Waals surface area contributed by atoms with Crippen molar-refractivity contribution in [2.75, 3.05) is 12.3 Å². The lowest BCUT2D eigenvalue weighted by Gasteiger charge is -2.16. The summed E-state index contributed by atoms with van der Waals surface area (Å²) in [5.74, 6) is 1.27. The topological polar surface area (TPSA) is 37.4 Å². The van der Waals surface area contributed by atoms with Gasteiger partial charge in [-0.1, -0.05) is 23.9 Å². The predicted octanol–water partition coefficient (Wildman–Crippen LogP) is 2.92. The molecular weight excluding hydrogens is 373 g/mol. The van der Waals surface area contributed by atoms with E-state index in [9.17, 15) is 9.59 Å². The van der Waals surface area contributed by atoms with Crippen molar-refractivity contribution < 1.29 is 9.59 Å². The first-order valence-corrected chi connectivity index (χ1v) is 8.26. The van der Waals surface area contributed by atoms with E-state index in [4.69, 9.17) is 0 Å². The summed E-state index contributed by atoms with van der Waals surface area (Å²) in [6, 6.07) is 8.23. The molecule has 0 aliphatic carbocycles. The zero-order valence-electron chi connectivity index (χ0n) is 10.8. The van der Waals surface area contributed by atoms with Crippen molar-refractivity contribution in [1.29, 1.82) is 0 Å². The SMILES string of the molecule is CC(=O)SCC1CC(=O)N(Cc2ccc(I)cc2)C1. The van der Waals surface area contributed by atoms with Gasteiger partial charge >= 0.3 is 0 Å². The highest BCUT2D eigenvalue weighted by Crippen LogP contribution is 2.24. The smallest absolute Gasteiger partial charge is 0.223 e. The van der Waals surface area contributed by atoms with Gasteiger partial charge in [-0.05, 0) is 46.2 Å². The maximum atomic E-state index is 11.9. The third-order valence-electron chi connectivity index (χ3n) is 3.10. The van der Waals surface area contributed by atoms with Crippen LogP contribution in [0.5, 0.6) is 0 Å². The second kappa shape index (κ2) is 6.74. The van der Waals surface area contributed by atoms with Gasteiger partial charge in [-0.3, -0.25) is 9.59 Å². The zero-order valence-corrected chi connectivity index (χ0v) is 13.7. The second-order valence-electron chi connectivity index (χ2n) is 4.77. The predicted molar refractivity (Wildman–Crippen MR) is 85.8 cm³/mol. The molecule has 1 aromatic carbocycles. The summed E-state index contributed by atoms with van der Waals surface area (Å²) in [5.41, 5.74) is 1.16. The quantitative estimate of drug-likeness (QED) is 0.744. The Morgan fingerprint density at radius 2 is 2.11 bits per heavy atom. The number of nitrogens with zero attached hydrogens (tertiary/aromatic N) is 1. The molecule has 1 amide bonds. The summed E-state index contributed by atoms with van der Waals surface area (Å²) in [4.78, 5) is 24.8. The number of carbonyl (C=O) groups excluding carboxylic acids is 2. The van der Waals surface area contributed by atoms with Gasteiger partial charge in [0.2, 0.25) is 5.91 Å². The molecule has 0 spiro atoms.